The molecule has 0 unspecified atom stereocenters. The fourth-order valence-electron chi connectivity index (χ4n) is 2.30. The van der Waals surface area contributed by atoms with E-state index in [4.69, 9.17) is 5.11 Å². The third-order valence-electron chi connectivity index (χ3n) is 3.16. The molecule has 1 aliphatic carbocycles. The van der Waals surface area contributed by atoms with E-state index in [0.717, 1.165) is 41.4 Å². The smallest absolute Gasteiger partial charge is 0.363 e. The lowest BCUT2D eigenvalue weighted by Gasteiger charge is -2.04. The minimum Gasteiger partial charge on any atom is -0.476 e. The quantitative estimate of drug-likeness (QED) is 0.647. The summed E-state index contributed by atoms with van der Waals surface area (Å²) in [7, 11) is 0. The predicted molar refractivity (Wildman–Crippen MR) is 64.8 cm³/mol. The number of aryl methyl sites for hydroxylation is 1. The standard InChI is InChI=1S/C11H9N5O4/c17-11(18)9-8(16(19)20)4-15(14-9)10-6-2-1-3-7(6)12-5-13-10/h4-5H,1-3H2,(H,17,18). The first-order chi connectivity index (χ1) is 9.58. The summed E-state index contributed by atoms with van der Waals surface area (Å²) in [6.07, 6.45) is 4.93. The van der Waals surface area contributed by atoms with Crippen molar-refractivity contribution in [2.75, 3.05) is 0 Å². The molecule has 0 bridgehead atoms. The molecule has 9 nitrogen and oxygen atoms in total. The predicted octanol–water partition coefficient (Wildman–Crippen LogP) is 0.757. The van der Waals surface area contributed by atoms with Crippen LogP contribution in [0.25, 0.3) is 5.82 Å². The number of hydrogen-bond acceptors (Lipinski definition) is 6. The lowest BCUT2D eigenvalue weighted by atomic mass is 10.2. The molecule has 20 heavy (non-hydrogen) atoms. The zero-order valence-electron chi connectivity index (χ0n) is 10.2. The highest BCUT2D eigenvalue weighted by molar-refractivity contribution is 5.89. The number of carboxylic acids is 1. The largest absolute Gasteiger partial charge is 0.476 e. The third kappa shape index (κ3) is 1.79. The molecule has 102 valence electrons. The maximum Gasteiger partial charge on any atom is 0.363 e. The van der Waals surface area contributed by atoms with Crippen LogP contribution in [0.4, 0.5) is 5.69 Å². The van der Waals surface area contributed by atoms with Crippen molar-refractivity contribution in [2.24, 2.45) is 0 Å². The van der Waals surface area contributed by atoms with Gasteiger partial charge in [0.15, 0.2) is 5.82 Å². The van der Waals surface area contributed by atoms with Crippen LogP contribution in [0.5, 0.6) is 0 Å². The van der Waals surface area contributed by atoms with Crippen molar-refractivity contribution in [2.45, 2.75) is 19.3 Å². The molecular weight excluding hydrogens is 266 g/mol. The number of hydrogen-bond donors (Lipinski definition) is 1. The Labute approximate surface area is 112 Å². The Morgan fingerprint density at radius 2 is 2.20 bits per heavy atom. The second-order valence-electron chi connectivity index (χ2n) is 4.35. The Morgan fingerprint density at radius 1 is 1.40 bits per heavy atom. The Balaban J connectivity index is 2.17. The summed E-state index contributed by atoms with van der Waals surface area (Å²) in [5, 5.41) is 23.6. The number of carboxylic acid groups (broad SMARTS) is 1. The summed E-state index contributed by atoms with van der Waals surface area (Å²) in [6.45, 7) is 0. The van der Waals surface area contributed by atoms with Gasteiger partial charge in [0.2, 0.25) is 5.69 Å². The van der Waals surface area contributed by atoms with Crippen LogP contribution in [0.15, 0.2) is 12.5 Å². The van der Waals surface area contributed by atoms with Crippen LogP contribution in [0.3, 0.4) is 0 Å². The van der Waals surface area contributed by atoms with Crippen LogP contribution in [0, 0.1) is 10.1 Å². The number of nitrogens with zero attached hydrogens (tertiary/aromatic N) is 5. The van der Waals surface area contributed by atoms with Crippen LogP contribution >= 0.6 is 0 Å². The first-order valence-electron chi connectivity index (χ1n) is 5.88. The van der Waals surface area contributed by atoms with E-state index in [-0.39, 0.29) is 0 Å². The van der Waals surface area contributed by atoms with Gasteiger partial charge in [0, 0.05) is 11.3 Å². The molecule has 0 amide bonds. The molecule has 0 aliphatic heterocycles. The first kappa shape index (κ1) is 12.2. The van der Waals surface area contributed by atoms with E-state index in [1.807, 2.05) is 0 Å². The highest BCUT2D eigenvalue weighted by atomic mass is 16.6. The van der Waals surface area contributed by atoms with Gasteiger partial charge in [0.05, 0.1) is 4.92 Å². The van der Waals surface area contributed by atoms with Gasteiger partial charge in [-0.1, -0.05) is 0 Å². The van der Waals surface area contributed by atoms with Gasteiger partial charge < -0.3 is 5.11 Å². The van der Waals surface area contributed by atoms with Crippen LogP contribution in [0.2, 0.25) is 0 Å². The molecule has 0 fully saturated rings. The van der Waals surface area contributed by atoms with Gasteiger partial charge in [0.25, 0.3) is 0 Å². The summed E-state index contributed by atoms with van der Waals surface area (Å²) in [5.74, 6) is -1.04. The number of aromatic nitrogens is 4. The van der Waals surface area contributed by atoms with E-state index in [9.17, 15) is 14.9 Å². The van der Waals surface area contributed by atoms with Crippen LogP contribution in [-0.2, 0) is 12.8 Å². The summed E-state index contributed by atoms with van der Waals surface area (Å²) in [5.41, 5.74) is 0.593. The highest BCUT2D eigenvalue weighted by Gasteiger charge is 2.27. The van der Waals surface area contributed by atoms with Gasteiger partial charge >= 0.3 is 11.7 Å². The minimum absolute atomic E-state index is 0.406. The average molecular weight is 275 g/mol. The fraction of sp³-hybridized carbons (Fsp3) is 0.273. The fourth-order valence-corrected chi connectivity index (χ4v) is 2.30. The van der Waals surface area contributed by atoms with Gasteiger partial charge in [-0.05, 0) is 19.3 Å². The second kappa shape index (κ2) is 4.37. The molecule has 0 atom stereocenters. The maximum atomic E-state index is 11.0. The van der Waals surface area contributed by atoms with Crippen molar-refractivity contribution in [1.82, 2.24) is 19.7 Å². The molecule has 1 N–H and O–H groups in total. The lowest BCUT2D eigenvalue weighted by Crippen LogP contribution is -2.06. The maximum absolute atomic E-state index is 11.0. The van der Waals surface area contributed by atoms with Crippen molar-refractivity contribution in [3.63, 3.8) is 0 Å². The normalized spacial score (nSPS) is 13.2. The van der Waals surface area contributed by atoms with Crippen molar-refractivity contribution in [3.05, 3.63) is 39.6 Å². The summed E-state index contributed by atoms with van der Waals surface area (Å²) < 4.78 is 1.15. The molecule has 0 aromatic carbocycles. The molecule has 2 heterocycles. The van der Waals surface area contributed by atoms with Crippen molar-refractivity contribution in [1.29, 1.82) is 0 Å². The van der Waals surface area contributed by atoms with Crippen molar-refractivity contribution >= 4 is 11.7 Å². The van der Waals surface area contributed by atoms with Gasteiger partial charge in [-0.25, -0.2) is 19.4 Å². The number of rotatable bonds is 3. The van der Waals surface area contributed by atoms with Crippen LogP contribution in [-0.4, -0.2) is 35.7 Å². The van der Waals surface area contributed by atoms with E-state index in [0.29, 0.717) is 5.82 Å². The molecule has 0 saturated heterocycles. The van der Waals surface area contributed by atoms with Gasteiger partial charge in [-0.2, -0.15) is 5.10 Å². The van der Waals surface area contributed by atoms with Gasteiger partial charge in [0.1, 0.15) is 12.5 Å². The Kier molecular flexibility index (Phi) is 2.67. The van der Waals surface area contributed by atoms with Crippen molar-refractivity contribution in [3.8, 4) is 5.82 Å². The van der Waals surface area contributed by atoms with E-state index in [1.54, 1.807) is 0 Å². The topological polar surface area (TPSA) is 124 Å². The number of nitro groups is 1. The zero-order chi connectivity index (χ0) is 14.3. The molecule has 9 heteroatoms. The molecular formula is C11H9N5O4. The molecule has 0 spiro atoms. The average Bonchev–Trinajstić information content (AvgIpc) is 3.04. The van der Waals surface area contributed by atoms with Gasteiger partial charge in [-0.3, -0.25) is 10.1 Å². The van der Waals surface area contributed by atoms with Gasteiger partial charge in [-0.15, -0.1) is 0 Å². The Morgan fingerprint density at radius 3 is 2.85 bits per heavy atom. The Bertz CT molecular complexity index is 692. The third-order valence-corrected chi connectivity index (χ3v) is 3.16. The molecule has 3 rings (SSSR count). The van der Waals surface area contributed by atoms with E-state index >= 15 is 0 Å². The monoisotopic (exact) mass is 275 g/mol. The molecule has 0 saturated carbocycles. The lowest BCUT2D eigenvalue weighted by molar-refractivity contribution is -0.385. The number of carbonyl (C=O) groups is 1. The summed E-state index contributed by atoms with van der Waals surface area (Å²) >= 11 is 0. The molecule has 2 aromatic heterocycles. The highest BCUT2D eigenvalue weighted by Crippen LogP contribution is 2.26. The molecule has 0 radical (unpaired) electrons. The number of fused-ring (bicyclic) bond motifs is 1. The molecule has 1 aliphatic rings. The Hall–Kier alpha value is -2.84. The van der Waals surface area contributed by atoms with E-state index in [2.05, 4.69) is 15.1 Å². The van der Waals surface area contributed by atoms with Crippen LogP contribution in [0.1, 0.15) is 28.2 Å². The summed E-state index contributed by atoms with van der Waals surface area (Å²) in [6, 6.07) is 0. The zero-order valence-corrected chi connectivity index (χ0v) is 10.2. The minimum atomic E-state index is -1.44. The first-order valence-corrected chi connectivity index (χ1v) is 5.88. The molecule has 2 aromatic rings. The van der Waals surface area contributed by atoms with E-state index in [1.165, 1.54) is 6.33 Å². The van der Waals surface area contributed by atoms with E-state index < -0.39 is 22.3 Å². The van der Waals surface area contributed by atoms with Crippen LogP contribution < -0.4 is 0 Å². The second-order valence-corrected chi connectivity index (χ2v) is 4.35. The van der Waals surface area contributed by atoms with Crippen molar-refractivity contribution < 1.29 is 14.8 Å². The summed E-state index contributed by atoms with van der Waals surface area (Å²) in [4.78, 5) is 29.3. The number of aromatic carboxylic acids is 1. The SMILES string of the molecule is O=C(O)c1nn(-c2ncnc3c2CCC3)cc1[N+](=O)[O-].